The molecule has 0 N–H and O–H groups in total. The number of hydrogen-bond acceptors (Lipinski definition) is 3. The number of ketones is 1. The fraction of sp³-hybridized carbons (Fsp3) is 0.316. The summed E-state index contributed by atoms with van der Waals surface area (Å²) in [4.78, 5) is 11.8. The molecule has 0 saturated heterocycles. The van der Waals surface area contributed by atoms with E-state index in [1.54, 1.807) is 12.3 Å². The molecule has 118 valence electrons. The van der Waals surface area contributed by atoms with Crippen LogP contribution < -0.4 is 0 Å². The quantitative estimate of drug-likeness (QED) is 0.698. The summed E-state index contributed by atoms with van der Waals surface area (Å²) >= 11 is 0. The number of ether oxygens (including phenoxy) is 1. The predicted octanol–water partition coefficient (Wildman–Crippen LogP) is 4.94. The second-order valence-corrected chi connectivity index (χ2v) is 4.77. The van der Waals surface area contributed by atoms with Crippen molar-refractivity contribution >= 4 is 11.9 Å². The maximum atomic E-state index is 11.8. The number of hydrogen-bond donors (Lipinski definition) is 0. The average Bonchev–Trinajstić information content (AvgIpc) is 3.18. The number of carbonyl (C=O) groups excluding carboxylic acids is 1. The molecular formula is C19H24O3. The highest BCUT2D eigenvalue weighted by atomic mass is 16.5. The highest BCUT2D eigenvalue weighted by Crippen LogP contribution is 2.17. The first-order valence-corrected chi connectivity index (χ1v) is 7.60. The van der Waals surface area contributed by atoms with E-state index in [1.807, 2.05) is 57.2 Å². The van der Waals surface area contributed by atoms with Crippen molar-refractivity contribution < 1.29 is 13.9 Å². The summed E-state index contributed by atoms with van der Waals surface area (Å²) in [6, 6.07) is 3.69. The third-order valence-corrected chi connectivity index (χ3v) is 2.85. The molecule has 1 aromatic rings. The standard InChI is InChI=1S/C17H18O3.C2H6/c1-13(8-9-15-6-4-10-19-15)5-3-7-16(18)17-11-14(2)12-20-17;1-2/h3-6,8-11,14H,1,7,12H2,2H3;1-2H3/b5-3-,9-8+;. The minimum absolute atomic E-state index is 0.00779. The monoisotopic (exact) mass is 300 g/mol. The highest BCUT2D eigenvalue weighted by molar-refractivity contribution is 5.94. The van der Waals surface area contributed by atoms with Crippen molar-refractivity contribution in [1.29, 1.82) is 0 Å². The van der Waals surface area contributed by atoms with Gasteiger partial charge in [0.1, 0.15) is 5.76 Å². The van der Waals surface area contributed by atoms with E-state index in [0.717, 1.165) is 11.3 Å². The molecule has 0 bridgehead atoms. The second kappa shape index (κ2) is 9.61. The van der Waals surface area contributed by atoms with Gasteiger partial charge in [-0.05, 0) is 29.9 Å². The molecule has 0 aromatic carbocycles. The molecule has 1 aromatic heterocycles. The van der Waals surface area contributed by atoms with E-state index in [4.69, 9.17) is 9.15 Å². The summed E-state index contributed by atoms with van der Waals surface area (Å²) in [6.07, 6.45) is 11.1. The molecule has 22 heavy (non-hydrogen) atoms. The minimum Gasteiger partial charge on any atom is -0.490 e. The zero-order chi connectivity index (χ0) is 16.4. The van der Waals surface area contributed by atoms with Crippen molar-refractivity contribution in [2.45, 2.75) is 27.2 Å². The number of allylic oxidation sites excluding steroid dienone is 5. The molecule has 0 spiro atoms. The largest absolute Gasteiger partial charge is 0.490 e. The Balaban J connectivity index is 0.00000116. The van der Waals surface area contributed by atoms with Gasteiger partial charge in [-0.15, -0.1) is 0 Å². The molecule has 0 radical (unpaired) electrons. The molecule has 3 heteroatoms. The Kier molecular flexibility index (Phi) is 7.76. The van der Waals surface area contributed by atoms with Gasteiger partial charge in [0.05, 0.1) is 12.9 Å². The first-order valence-electron chi connectivity index (χ1n) is 7.60. The topological polar surface area (TPSA) is 39.4 Å². The van der Waals surface area contributed by atoms with Crippen LogP contribution in [0.15, 0.2) is 65.0 Å². The Hall–Kier alpha value is -2.29. The molecular weight excluding hydrogens is 276 g/mol. The van der Waals surface area contributed by atoms with Crippen LogP contribution in [0.3, 0.4) is 0 Å². The van der Waals surface area contributed by atoms with Crippen molar-refractivity contribution in [3.8, 4) is 0 Å². The summed E-state index contributed by atoms with van der Waals surface area (Å²) in [5.74, 6) is 1.59. The van der Waals surface area contributed by atoms with E-state index in [-0.39, 0.29) is 5.78 Å². The molecule has 1 aliphatic rings. The van der Waals surface area contributed by atoms with Gasteiger partial charge in [0, 0.05) is 12.3 Å². The van der Waals surface area contributed by atoms with Crippen molar-refractivity contribution in [2.75, 3.05) is 6.61 Å². The van der Waals surface area contributed by atoms with Gasteiger partial charge in [-0.2, -0.15) is 0 Å². The first-order chi connectivity index (χ1) is 10.6. The SMILES string of the molecule is C=C(/C=C\CC(=O)C1=CC(C)CO1)/C=C/c1ccco1.CC. The van der Waals surface area contributed by atoms with E-state index >= 15 is 0 Å². The highest BCUT2D eigenvalue weighted by Gasteiger charge is 2.17. The number of carbonyl (C=O) groups is 1. The Morgan fingerprint density at radius 1 is 1.41 bits per heavy atom. The maximum Gasteiger partial charge on any atom is 0.200 e. The third kappa shape index (κ3) is 6.00. The minimum atomic E-state index is 0.00779. The summed E-state index contributed by atoms with van der Waals surface area (Å²) in [5.41, 5.74) is 0.809. The Morgan fingerprint density at radius 2 is 2.18 bits per heavy atom. The van der Waals surface area contributed by atoms with E-state index in [9.17, 15) is 4.79 Å². The third-order valence-electron chi connectivity index (χ3n) is 2.85. The summed E-state index contributed by atoms with van der Waals surface area (Å²) < 4.78 is 10.5. The van der Waals surface area contributed by atoms with Crippen LogP contribution in [0.1, 0.15) is 33.0 Å². The zero-order valence-corrected chi connectivity index (χ0v) is 13.5. The molecule has 1 atom stereocenters. The first kappa shape index (κ1) is 17.8. The van der Waals surface area contributed by atoms with Gasteiger partial charge >= 0.3 is 0 Å². The fourth-order valence-corrected chi connectivity index (χ4v) is 1.80. The van der Waals surface area contributed by atoms with Gasteiger partial charge < -0.3 is 9.15 Å². The lowest BCUT2D eigenvalue weighted by molar-refractivity contribution is -0.117. The van der Waals surface area contributed by atoms with Crippen molar-refractivity contribution in [2.24, 2.45) is 5.92 Å². The van der Waals surface area contributed by atoms with Crippen LogP contribution in [0.4, 0.5) is 0 Å². The van der Waals surface area contributed by atoms with E-state index in [2.05, 4.69) is 6.58 Å². The maximum absolute atomic E-state index is 11.8. The molecule has 1 aliphatic heterocycles. The van der Waals surface area contributed by atoms with E-state index in [0.29, 0.717) is 24.7 Å². The molecule has 0 aliphatic carbocycles. The second-order valence-electron chi connectivity index (χ2n) is 4.77. The van der Waals surface area contributed by atoms with Crippen LogP contribution in [0.25, 0.3) is 6.08 Å². The number of Topliss-reactive ketones (excluding diaryl/α,β-unsaturated/α-hetero) is 1. The van der Waals surface area contributed by atoms with Crippen LogP contribution in [0.2, 0.25) is 0 Å². The van der Waals surface area contributed by atoms with Gasteiger partial charge in [-0.25, -0.2) is 0 Å². The smallest absolute Gasteiger partial charge is 0.200 e. The van der Waals surface area contributed by atoms with E-state index < -0.39 is 0 Å². The predicted molar refractivity (Wildman–Crippen MR) is 90.2 cm³/mol. The summed E-state index contributed by atoms with van der Waals surface area (Å²) in [6.45, 7) is 10.5. The number of furan rings is 1. The summed E-state index contributed by atoms with van der Waals surface area (Å²) in [7, 11) is 0. The summed E-state index contributed by atoms with van der Waals surface area (Å²) in [5, 5.41) is 0. The van der Waals surface area contributed by atoms with Gasteiger partial charge in [-0.1, -0.05) is 45.6 Å². The molecule has 0 saturated carbocycles. The van der Waals surface area contributed by atoms with Crippen molar-refractivity contribution in [3.63, 3.8) is 0 Å². The molecule has 0 fully saturated rings. The Bertz CT molecular complexity index is 560. The van der Waals surface area contributed by atoms with Gasteiger partial charge in [0.2, 0.25) is 5.78 Å². The molecule has 3 nitrogen and oxygen atoms in total. The van der Waals surface area contributed by atoms with Crippen LogP contribution in [0.5, 0.6) is 0 Å². The van der Waals surface area contributed by atoms with Crippen LogP contribution in [-0.4, -0.2) is 12.4 Å². The normalized spacial score (nSPS) is 17.0. The van der Waals surface area contributed by atoms with Gasteiger partial charge in [-0.3, -0.25) is 4.79 Å². The molecule has 1 unspecified atom stereocenters. The Morgan fingerprint density at radius 3 is 2.77 bits per heavy atom. The fourth-order valence-electron chi connectivity index (χ4n) is 1.80. The lowest BCUT2D eigenvalue weighted by atomic mass is 10.1. The zero-order valence-electron chi connectivity index (χ0n) is 13.5. The number of rotatable bonds is 6. The molecule has 2 heterocycles. The van der Waals surface area contributed by atoms with Crippen molar-refractivity contribution in [3.05, 3.63) is 66.4 Å². The Labute approximate surface area is 132 Å². The molecule has 2 rings (SSSR count). The van der Waals surface area contributed by atoms with E-state index in [1.165, 1.54) is 0 Å². The van der Waals surface area contributed by atoms with Crippen LogP contribution in [-0.2, 0) is 9.53 Å². The lowest BCUT2D eigenvalue weighted by Gasteiger charge is -1.99. The lowest BCUT2D eigenvalue weighted by Crippen LogP contribution is -2.01. The average molecular weight is 300 g/mol. The van der Waals surface area contributed by atoms with Crippen LogP contribution >= 0.6 is 0 Å². The van der Waals surface area contributed by atoms with Crippen molar-refractivity contribution in [1.82, 2.24) is 0 Å². The molecule has 0 amide bonds. The van der Waals surface area contributed by atoms with Crippen LogP contribution in [0, 0.1) is 5.92 Å². The van der Waals surface area contributed by atoms with Gasteiger partial charge in [0.25, 0.3) is 0 Å². The van der Waals surface area contributed by atoms with Gasteiger partial charge in [0.15, 0.2) is 5.76 Å².